The molecule has 10 heteroatoms. The molecule has 2 fully saturated rings. The lowest BCUT2D eigenvalue weighted by Gasteiger charge is -2.32. The molecule has 0 spiro atoms. The molecule has 3 heterocycles. The van der Waals surface area contributed by atoms with Crippen LogP contribution in [-0.4, -0.2) is 64.5 Å². The van der Waals surface area contributed by atoms with E-state index in [0.717, 1.165) is 4.88 Å². The predicted molar refractivity (Wildman–Crippen MR) is 113 cm³/mol. The molecule has 2 atom stereocenters. The molecule has 2 aliphatic heterocycles. The van der Waals surface area contributed by atoms with Gasteiger partial charge in [-0.1, -0.05) is 30.0 Å². The van der Waals surface area contributed by atoms with E-state index >= 15 is 0 Å². The van der Waals surface area contributed by atoms with Gasteiger partial charge in [-0.05, 0) is 37.8 Å². The van der Waals surface area contributed by atoms with Crippen LogP contribution in [0.2, 0.25) is 0 Å². The quantitative estimate of drug-likeness (QED) is 0.513. The molecule has 0 N–H and O–H groups in total. The average molecular weight is 445 g/mol. The third-order valence-electron chi connectivity index (χ3n) is 4.66. The van der Waals surface area contributed by atoms with Crippen LogP contribution in [0.5, 0.6) is 0 Å². The SMILES string of the molecule is CCN(C(=O)[C@H](C)N1C(=O)/C(=C/c2cccs2)SC1=S)[C@H]1CCS(=O)(=O)C1. The van der Waals surface area contributed by atoms with Gasteiger partial charge in [-0.15, -0.1) is 11.3 Å². The summed E-state index contributed by atoms with van der Waals surface area (Å²) in [6.07, 6.45) is 2.22. The summed E-state index contributed by atoms with van der Waals surface area (Å²) < 4.78 is 23.9. The second-order valence-electron chi connectivity index (χ2n) is 6.42. The average Bonchev–Trinajstić information content (AvgIpc) is 3.30. The molecule has 0 saturated carbocycles. The largest absolute Gasteiger partial charge is 0.337 e. The van der Waals surface area contributed by atoms with E-state index in [1.54, 1.807) is 17.9 Å². The topological polar surface area (TPSA) is 74.8 Å². The van der Waals surface area contributed by atoms with Crippen molar-refractivity contribution in [2.45, 2.75) is 32.4 Å². The highest BCUT2D eigenvalue weighted by Gasteiger charge is 2.42. The maximum absolute atomic E-state index is 13.0. The molecule has 2 amide bonds. The molecule has 3 rings (SSSR count). The molecular weight excluding hydrogens is 424 g/mol. The highest BCUT2D eigenvalue weighted by Crippen LogP contribution is 2.35. The lowest BCUT2D eigenvalue weighted by molar-refractivity contribution is -0.140. The number of carbonyl (C=O) groups excluding carboxylic acids is 2. The summed E-state index contributed by atoms with van der Waals surface area (Å²) in [6, 6.07) is 2.70. The van der Waals surface area contributed by atoms with Crippen LogP contribution in [0.1, 0.15) is 25.1 Å². The normalized spacial score (nSPS) is 24.6. The van der Waals surface area contributed by atoms with Gasteiger partial charge in [-0.25, -0.2) is 8.42 Å². The van der Waals surface area contributed by atoms with Crippen molar-refractivity contribution in [3.8, 4) is 0 Å². The Hall–Kier alpha value is -1.23. The smallest absolute Gasteiger partial charge is 0.266 e. The lowest BCUT2D eigenvalue weighted by Crippen LogP contribution is -2.52. The minimum absolute atomic E-state index is 0.0179. The second-order valence-corrected chi connectivity index (χ2v) is 11.3. The van der Waals surface area contributed by atoms with E-state index in [1.807, 2.05) is 24.4 Å². The fourth-order valence-electron chi connectivity index (χ4n) is 3.28. The van der Waals surface area contributed by atoms with Crippen molar-refractivity contribution < 1.29 is 18.0 Å². The van der Waals surface area contributed by atoms with E-state index in [-0.39, 0.29) is 29.4 Å². The third-order valence-corrected chi connectivity index (χ3v) is 8.56. The lowest BCUT2D eigenvalue weighted by atomic mass is 10.1. The van der Waals surface area contributed by atoms with E-state index in [1.165, 1.54) is 28.0 Å². The van der Waals surface area contributed by atoms with Gasteiger partial charge in [0.25, 0.3) is 5.91 Å². The molecule has 1 aromatic heterocycles. The maximum atomic E-state index is 13.0. The molecule has 2 aliphatic rings. The van der Waals surface area contributed by atoms with Crippen molar-refractivity contribution in [2.24, 2.45) is 0 Å². The highest BCUT2D eigenvalue weighted by atomic mass is 32.2. The molecular formula is C17H20N2O4S4. The van der Waals surface area contributed by atoms with Gasteiger partial charge in [0, 0.05) is 17.5 Å². The van der Waals surface area contributed by atoms with Gasteiger partial charge in [0.05, 0.1) is 16.4 Å². The van der Waals surface area contributed by atoms with E-state index in [2.05, 4.69) is 0 Å². The number of amides is 2. The molecule has 0 aliphatic carbocycles. The molecule has 6 nitrogen and oxygen atoms in total. The van der Waals surface area contributed by atoms with Gasteiger partial charge in [0.1, 0.15) is 10.4 Å². The first-order valence-corrected chi connectivity index (χ1v) is 12.5. The molecule has 2 saturated heterocycles. The summed E-state index contributed by atoms with van der Waals surface area (Å²) in [6.45, 7) is 3.85. The first-order valence-electron chi connectivity index (χ1n) is 8.55. The number of nitrogens with zero attached hydrogens (tertiary/aromatic N) is 2. The highest BCUT2D eigenvalue weighted by molar-refractivity contribution is 8.26. The Balaban J connectivity index is 1.77. The number of thiophene rings is 1. The first-order chi connectivity index (χ1) is 12.7. The number of thioether (sulfide) groups is 1. The Bertz CT molecular complexity index is 892. The Morgan fingerprint density at radius 2 is 2.26 bits per heavy atom. The van der Waals surface area contributed by atoms with Crippen molar-refractivity contribution in [1.82, 2.24) is 9.80 Å². The van der Waals surface area contributed by atoms with Crippen molar-refractivity contribution in [2.75, 3.05) is 18.1 Å². The number of sulfone groups is 1. The predicted octanol–water partition coefficient (Wildman–Crippen LogP) is 2.37. The summed E-state index contributed by atoms with van der Waals surface area (Å²) in [5.74, 6) is -0.473. The molecule has 146 valence electrons. The fourth-order valence-corrected chi connectivity index (χ4v) is 7.15. The summed E-state index contributed by atoms with van der Waals surface area (Å²) in [5.41, 5.74) is 0. The van der Waals surface area contributed by atoms with Gasteiger partial charge in [0.2, 0.25) is 5.91 Å². The van der Waals surface area contributed by atoms with Gasteiger partial charge >= 0.3 is 0 Å². The molecule has 27 heavy (non-hydrogen) atoms. The minimum Gasteiger partial charge on any atom is -0.337 e. The third kappa shape index (κ3) is 4.28. The van der Waals surface area contributed by atoms with Gasteiger partial charge in [-0.3, -0.25) is 14.5 Å². The molecule has 1 aromatic rings. The van der Waals surface area contributed by atoms with Gasteiger partial charge < -0.3 is 4.90 Å². The van der Waals surface area contributed by atoms with E-state index in [4.69, 9.17) is 12.2 Å². The van der Waals surface area contributed by atoms with Crippen LogP contribution in [0.25, 0.3) is 6.08 Å². The summed E-state index contributed by atoms with van der Waals surface area (Å²) >= 11 is 8.05. The van der Waals surface area contributed by atoms with Crippen LogP contribution < -0.4 is 0 Å². The number of rotatable bonds is 5. The molecule has 0 bridgehead atoms. The zero-order valence-corrected chi connectivity index (χ0v) is 18.2. The van der Waals surface area contributed by atoms with E-state index < -0.39 is 15.9 Å². The van der Waals surface area contributed by atoms with Crippen LogP contribution in [0.4, 0.5) is 0 Å². The van der Waals surface area contributed by atoms with Crippen LogP contribution in [0.15, 0.2) is 22.4 Å². The van der Waals surface area contributed by atoms with Crippen molar-refractivity contribution in [1.29, 1.82) is 0 Å². The van der Waals surface area contributed by atoms with Crippen LogP contribution in [0, 0.1) is 0 Å². The number of carbonyl (C=O) groups is 2. The standard InChI is InChI=1S/C17H20N2O4S4/c1-3-18(12-6-8-27(22,23)10-12)15(20)11(2)19-16(21)14(26-17(19)24)9-13-5-4-7-25-13/h4-5,7,9,11-12H,3,6,8,10H2,1-2H3/b14-9-/t11-,12-/m0/s1. The van der Waals surface area contributed by atoms with Crippen molar-refractivity contribution in [3.05, 3.63) is 27.3 Å². The van der Waals surface area contributed by atoms with Crippen molar-refractivity contribution >= 4 is 67.4 Å². The number of thiocarbonyl (C=S) groups is 1. The Morgan fingerprint density at radius 1 is 1.52 bits per heavy atom. The fraction of sp³-hybridized carbons (Fsp3) is 0.471. The summed E-state index contributed by atoms with van der Waals surface area (Å²) in [5, 5.41) is 1.92. The Kier molecular flexibility index (Phi) is 6.09. The van der Waals surface area contributed by atoms with Crippen LogP contribution >= 0.6 is 35.3 Å². The summed E-state index contributed by atoms with van der Waals surface area (Å²) in [7, 11) is -3.10. The van der Waals surface area contributed by atoms with Crippen LogP contribution in [-0.2, 0) is 19.4 Å². The van der Waals surface area contributed by atoms with E-state index in [9.17, 15) is 18.0 Å². The maximum Gasteiger partial charge on any atom is 0.266 e. The second kappa shape index (κ2) is 8.02. The van der Waals surface area contributed by atoms with Gasteiger partial charge in [-0.2, -0.15) is 0 Å². The Morgan fingerprint density at radius 3 is 2.81 bits per heavy atom. The molecule has 0 aromatic carbocycles. The minimum atomic E-state index is -3.10. The monoisotopic (exact) mass is 444 g/mol. The zero-order valence-electron chi connectivity index (χ0n) is 15.0. The zero-order chi connectivity index (χ0) is 19.8. The van der Waals surface area contributed by atoms with Gasteiger partial charge in [0.15, 0.2) is 9.84 Å². The first kappa shape index (κ1) is 20.5. The van der Waals surface area contributed by atoms with Crippen LogP contribution in [0.3, 0.4) is 0 Å². The Labute approximate surface area is 172 Å². The number of hydrogen-bond donors (Lipinski definition) is 0. The van der Waals surface area contributed by atoms with E-state index in [0.29, 0.717) is 22.2 Å². The number of hydrogen-bond acceptors (Lipinski definition) is 7. The summed E-state index contributed by atoms with van der Waals surface area (Å²) in [4.78, 5) is 30.2. The number of likely N-dealkylation sites (N-methyl/N-ethyl adjacent to an activating group) is 1. The molecule has 0 unspecified atom stereocenters. The van der Waals surface area contributed by atoms with Crippen molar-refractivity contribution in [3.63, 3.8) is 0 Å². The molecule has 0 radical (unpaired) electrons.